The van der Waals surface area contributed by atoms with E-state index in [9.17, 15) is 5.11 Å². The molecule has 0 spiro atoms. The van der Waals surface area contributed by atoms with Crippen LogP contribution in [-0.2, 0) is 12.8 Å². The largest absolute Gasteiger partial charge is 0.506 e. The van der Waals surface area contributed by atoms with Gasteiger partial charge < -0.3 is 10.8 Å². The number of benzene rings is 1. The van der Waals surface area contributed by atoms with Crippen molar-refractivity contribution in [1.29, 1.82) is 0 Å². The van der Waals surface area contributed by atoms with Crippen LogP contribution in [0.15, 0.2) is 6.07 Å². The van der Waals surface area contributed by atoms with Crippen LogP contribution in [0.1, 0.15) is 42.4 Å². The average molecular weight is 240 g/mol. The summed E-state index contributed by atoms with van der Waals surface area (Å²) in [6.45, 7) is 2.58. The van der Waals surface area contributed by atoms with Gasteiger partial charge in [-0.3, -0.25) is 0 Å². The molecule has 0 heterocycles. The zero-order chi connectivity index (χ0) is 11.7. The number of nitrogens with two attached hydrogens (primary N) is 1. The summed E-state index contributed by atoms with van der Waals surface area (Å²) in [4.78, 5) is 0. The van der Waals surface area contributed by atoms with E-state index in [0.717, 1.165) is 18.4 Å². The van der Waals surface area contributed by atoms with E-state index in [-0.39, 0.29) is 11.7 Å². The lowest BCUT2D eigenvalue weighted by Gasteiger charge is -2.24. The molecule has 88 valence electrons. The predicted octanol–water partition coefficient (Wildman–Crippen LogP) is 2.99. The van der Waals surface area contributed by atoms with Crippen LogP contribution < -0.4 is 5.73 Å². The summed E-state index contributed by atoms with van der Waals surface area (Å²) in [6.07, 6.45) is 4.52. The Kier molecular flexibility index (Phi) is 3.41. The summed E-state index contributed by atoms with van der Waals surface area (Å²) in [7, 11) is 0. The molecule has 1 aliphatic rings. The van der Waals surface area contributed by atoms with Crippen molar-refractivity contribution in [2.24, 2.45) is 5.73 Å². The Morgan fingerprint density at radius 3 is 2.81 bits per heavy atom. The Morgan fingerprint density at radius 2 is 2.12 bits per heavy atom. The predicted molar refractivity (Wildman–Crippen MR) is 67.2 cm³/mol. The zero-order valence-electron chi connectivity index (χ0n) is 9.59. The molecular formula is C13H18ClNO. The van der Waals surface area contributed by atoms with Crippen molar-refractivity contribution in [2.75, 3.05) is 6.54 Å². The second-order valence-corrected chi connectivity index (χ2v) is 5.01. The maximum atomic E-state index is 10.1. The van der Waals surface area contributed by atoms with Crippen LogP contribution in [0.4, 0.5) is 0 Å². The van der Waals surface area contributed by atoms with E-state index in [4.69, 9.17) is 17.3 Å². The van der Waals surface area contributed by atoms with Gasteiger partial charge in [0.15, 0.2) is 0 Å². The van der Waals surface area contributed by atoms with E-state index in [1.165, 1.54) is 24.0 Å². The third-order valence-electron chi connectivity index (χ3n) is 3.46. The Morgan fingerprint density at radius 1 is 1.44 bits per heavy atom. The molecule has 1 aromatic rings. The number of phenolic OH excluding ortho intramolecular Hbond substituents is 1. The monoisotopic (exact) mass is 239 g/mol. The molecule has 3 heteroatoms. The molecule has 1 atom stereocenters. The fourth-order valence-corrected chi connectivity index (χ4v) is 2.77. The number of hydrogen-bond donors (Lipinski definition) is 2. The third kappa shape index (κ3) is 1.92. The maximum absolute atomic E-state index is 10.1. The highest BCUT2D eigenvalue weighted by Gasteiger charge is 2.22. The minimum Gasteiger partial charge on any atom is -0.506 e. The Balaban J connectivity index is 2.59. The second-order valence-electron chi connectivity index (χ2n) is 4.60. The van der Waals surface area contributed by atoms with Gasteiger partial charge in [0, 0.05) is 5.56 Å². The molecule has 0 aromatic heterocycles. The van der Waals surface area contributed by atoms with E-state index in [0.29, 0.717) is 11.6 Å². The SMILES string of the molecule is CC(CN)c1c(O)c(Cl)cc2c1CCCC2. The van der Waals surface area contributed by atoms with E-state index < -0.39 is 0 Å². The highest BCUT2D eigenvalue weighted by atomic mass is 35.5. The number of halogens is 1. The van der Waals surface area contributed by atoms with Gasteiger partial charge in [-0.05, 0) is 55.3 Å². The van der Waals surface area contributed by atoms with E-state index in [1.807, 2.05) is 13.0 Å². The molecule has 0 bridgehead atoms. The van der Waals surface area contributed by atoms with Crippen molar-refractivity contribution in [3.05, 3.63) is 27.8 Å². The van der Waals surface area contributed by atoms with Crippen molar-refractivity contribution >= 4 is 11.6 Å². The molecular weight excluding hydrogens is 222 g/mol. The quantitative estimate of drug-likeness (QED) is 0.834. The highest BCUT2D eigenvalue weighted by Crippen LogP contribution is 2.40. The zero-order valence-corrected chi connectivity index (χ0v) is 10.3. The first-order chi connectivity index (χ1) is 7.65. The topological polar surface area (TPSA) is 46.2 Å². The molecule has 1 unspecified atom stereocenters. The first kappa shape index (κ1) is 11.7. The minimum atomic E-state index is 0.172. The van der Waals surface area contributed by atoms with E-state index >= 15 is 0 Å². The van der Waals surface area contributed by atoms with Gasteiger partial charge in [0.2, 0.25) is 0 Å². The normalized spacial score (nSPS) is 16.9. The molecule has 0 saturated carbocycles. The standard InChI is InChI=1S/C13H18ClNO/c1-8(7-15)12-10-5-3-2-4-9(10)6-11(14)13(12)16/h6,8,16H,2-5,7,15H2,1H3. The van der Waals surface area contributed by atoms with Crippen LogP contribution in [-0.4, -0.2) is 11.7 Å². The van der Waals surface area contributed by atoms with Crippen LogP contribution in [0, 0.1) is 0 Å². The van der Waals surface area contributed by atoms with Crippen molar-refractivity contribution < 1.29 is 5.11 Å². The highest BCUT2D eigenvalue weighted by molar-refractivity contribution is 6.32. The first-order valence-electron chi connectivity index (χ1n) is 5.88. The van der Waals surface area contributed by atoms with Crippen molar-refractivity contribution in [3.63, 3.8) is 0 Å². The van der Waals surface area contributed by atoms with Crippen LogP contribution >= 0.6 is 11.6 Å². The molecule has 0 saturated heterocycles. The molecule has 0 fully saturated rings. The van der Waals surface area contributed by atoms with Crippen molar-refractivity contribution in [3.8, 4) is 5.75 Å². The van der Waals surface area contributed by atoms with Gasteiger partial charge in [-0.2, -0.15) is 0 Å². The van der Waals surface area contributed by atoms with Crippen LogP contribution in [0.5, 0.6) is 5.75 Å². The molecule has 2 rings (SSSR count). The van der Waals surface area contributed by atoms with E-state index in [2.05, 4.69) is 0 Å². The third-order valence-corrected chi connectivity index (χ3v) is 3.75. The Labute approximate surface area is 101 Å². The van der Waals surface area contributed by atoms with Gasteiger partial charge in [-0.25, -0.2) is 0 Å². The number of hydrogen-bond acceptors (Lipinski definition) is 2. The number of aromatic hydroxyl groups is 1. The van der Waals surface area contributed by atoms with E-state index in [1.54, 1.807) is 0 Å². The van der Waals surface area contributed by atoms with Gasteiger partial charge in [0.05, 0.1) is 5.02 Å². The smallest absolute Gasteiger partial charge is 0.137 e. The van der Waals surface area contributed by atoms with Crippen LogP contribution in [0.25, 0.3) is 0 Å². The Bertz CT molecular complexity index is 403. The number of fused-ring (bicyclic) bond motifs is 1. The van der Waals surface area contributed by atoms with Crippen LogP contribution in [0.2, 0.25) is 5.02 Å². The Hall–Kier alpha value is -0.730. The number of rotatable bonds is 2. The average Bonchev–Trinajstić information content (AvgIpc) is 2.30. The summed E-state index contributed by atoms with van der Waals surface area (Å²) in [5.41, 5.74) is 9.26. The maximum Gasteiger partial charge on any atom is 0.137 e. The lowest BCUT2D eigenvalue weighted by molar-refractivity contribution is 0.460. The van der Waals surface area contributed by atoms with Gasteiger partial charge in [-0.15, -0.1) is 0 Å². The molecule has 3 N–H and O–H groups in total. The van der Waals surface area contributed by atoms with Gasteiger partial charge in [0.25, 0.3) is 0 Å². The summed E-state index contributed by atoms with van der Waals surface area (Å²) in [5.74, 6) is 0.408. The van der Waals surface area contributed by atoms with Crippen molar-refractivity contribution in [2.45, 2.75) is 38.5 Å². The molecule has 1 aromatic carbocycles. The lowest BCUT2D eigenvalue weighted by atomic mass is 9.83. The van der Waals surface area contributed by atoms with Gasteiger partial charge in [-0.1, -0.05) is 18.5 Å². The molecule has 0 radical (unpaired) electrons. The summed E-state index contributed by atoms with van der Waals surface area (Å²) >= 11 is 6.06. The van der Waals surface area contributed by atoms with Gasteiger partial charge >= 0.3 is 0 Å². The van der Waals surface area contributed by atoms with Crippen molar-refractivity contribution in [1.82, 2.24) is 0 Å². The molecule has 0 aliphatic heterocycles. The summed E-state index contributed by atoms with van der Waals surface area (Å²) < 4.78 is 0. The van der Waals surface area contributed by atoms with Crippen LogP contribution in [0.3, 0.4) is 0 Å². The number of phenols is 1. The molecule has 16 heavy (non-hydrogen) atoms. The fourth-order valence-electron chi connectivity index (χ4n) is 2.54. The lowest BCUT2D eigenvalue weighted by Crippen LogP contribution is -2.14. The summed E-state index contributed by atoms with van der Waals surface area (Å²) in [5, 5.41) is 10.5. The number of aryl methyl sites for hydroxylation is 1. The first-order valence-corrected chi connectivity index (χ1v) is 6.26. The van der Waals surface area contributed by atoms with Gasteiger partial charge in [0.1, 0.15) is 5.75 Å². The second kappa shape index (κ2) is 4.64. The molecule has 0 amide bonds. The fraction of sp³-hybridized carbons (Fsp3) is 0.538. The molecule has 1 aliphatic carbocycles. The minimum absolute atomic E-state index is 0.172. The molecule has 2 nitrogen and oxygen atoms in total. The summed E-state index contributed by atoms with van der Waals surface area (Å²) in [6, 6.07) is 1.91.